The normalized spacial score (nSPS) is 22.8. The van der Waals surface area contributed by atoms with Crippen molar-refractivity contribution in [3.63, 3.8) is 0 Å². The quantitative estimate of drug-likeness (QED) is 0.627. The molecule has 0 amide bonds. The first-order chi connectivity index (χ1) is 10.2. The second-order valence-corrected chi connectivity index (χ2v) is 7.38. The van der Waals surface area contributed by atoms with Gasteiger partial charge in [-0.3, -0.25) is 0 Å². The Morgan fingerprint density at radius 1 is 1.24 bits per heavy atom. The molecule has 0 unspecified atom stereocenters. The molecule has 2 aromatic rings. The highest BCUT2D eigenvalue weighted by Crippen LogP contribution is 2.33. The monoisotopic (exact) mass is 368 g/mol. The van der Waals surface area contributed by atoms with E-state index in [0.717, 1.165) is 34.2 Å². The number of halogens is 2. The maximum absolute atomic E-state index is 6.11. The van der Waals surface area contributed by atoms with Crippen molar-refractivity contribution in [1.29, 1.82) is 0 Å². The molecule has 1 saturated carbocycles. The number of fused-ring (bicyclic) bond motifs is 1. The molecule has 21 heavy (non-hydrogen) atoms. The fraction of sp³-hybridized carbons (Fsp3) is 0.588. The van der Waals surface area contributed by atoms with E-state index in [-0.39, 0.29) is 0 Å². The molecule has 2 nitrogen and oxygen atoms in total. The molecule has 1 aromatic carbocycles. The zero-order valence-electron chi connectivity index (χ0n) is 12.5. The summed E-state index contributed by atoms with van der Waals surface area (Å²) < 4.78 is 3.41. The molecule has 0 saturated heterocycles. The van der Waals surface area contributed by atoms with Crippen LogP contribution in [0.4, 0.5) is 0 Å². The molecule has 1 heterocycles. The minimum Gasteiger partial charge on any atom is -0.327 e. The predicted molar refractivity (Wildman–Crippen MR) is 92.7 cm³/mol. The topological polar surface area (TPSA) is 17.8 Å². The highest BCUT2D eigenvalue weighted by atomic mass is 79.9. The summed E-state index contributed by atoms with van der Waals surface area (Å²) in [4.78, 5) is 4.69. The molecule has 0 N–H and O–H groups in total. The van der Waals surface area contributed by atoms with Crippen LogP contribution in [0.1, 0.15) is 44.9 Å². The minimum atomic E-state index is 0.483. The number of imidazole rings is 1. The van der Waals surface area contributed by atoms with Crippen LogP contribution in [0.5, 0.6) is 0 Å². The molecule has 0 bridgehead atoms. The van der Waals surface area contributed by atoms with Gasteiger partial charge in [0.25, 0.3) is 0 Å². The van der Waals surface area contributed by atoms with Crippen LogP contribution in [0.25, 0.3) is 11.0 Å². The maximum Gasteiger partial charge on any atom is 0.124 e. The van der Waals surface area contributed by atoms with Gasteiger partial charge in [-0.15, -0.1) is 11.6 Å². The second kappa shape index (κ2) is 6.70. The largest absolute Gasteiger partial charge is 0.327 e. The van der Waals surface area contributed by atoms with Gasteiger partial charge in [-0.2, -0.15) is 0 Å². The van der Waals surface area contributed by atoms with Crippen molar-refractivity contribution in [2.24, 2.45) is 11.8 Å². The first kappa shape index (κ1) is 15.4. The van der Waals surface area contributed by atoms with Crippen molar-refractivity contribution in [3.8, 4) is 0 Å². The Morgan fingerprint density at radius 3 is 2.62 bits per heavy atom. The molecule has 114 valence electrons. The molecule has 0 spiro atoms. The lowest BCUT2D eigenvalue weighted by Crippen LogP contribution is -2.19. The van der Waals surface area contributed by atoms with Gasteiger partial charge in [0.1, 0.15) is 5.82 Å². The number of hydrogen-bond acceptors (Lipinski definition) is 1. The molecular formula is C17H22BrClN2. The van der Waals surface area contributed by atoms with Crippen molar-refractivity contribution < 1.29 is 0 Å². The van der Waals surface area contributed by atoms with E-state index in [4.69, 9.17) is 11.6 Å². The van der Waals surface area contributed by atoms with Crippen LogP contribution in [0, 0.1) is 11.8 Å². The number of benzene rings is 1. The van der Waals surface area contributed by atoms with Gasteiger partial charge in [0, 0.05) is 11.0 Å². The minimum absolute atomic E-state index is 0.483. The van der Waals surface area contributed by atoms with Crippen molar-refractivity contribution in [1.82, 2.24) is 9.55 Å². The number of rotatable bonds is 4. The number of hydrogen-bond donors (Lipinski definition) is 0. The van der Waals surface area contributed by atoms with Crippen LogP contribution in [-0.2, 0) is 12.4 Å². The van der Waals surface area contributed by atoms with E-state index in [2.05, 4.69) is 50.6 Å². The van der Waals surface area contributed by atoms with Gasteiger partial charge in [0.2, 0.25) is 0 Å². The van der Waals surface area contributed by atoms with Crippen LogP contribution in [0.2, 0.25) is 0 Å². The van der Waals surface area contributed by atoms with Crippen LogP contribution >= 0.6 is 27.5 Å². The summed E-state index contributed by atoms with van der Waals surface area (Å²) in [5.74, 6) is 3.21. The van der Waals surface area contributed by atoms with E-state index in [1.165, 1.54) is 37.6 Å². The van der Waals surface area contributed by atoms with Gasteiger partial charge >= 0.3 is 0 Å². The van der Waals surface area contributed by atoms with E-state index in [1.807, 2.05) is 0 Å². The zero-order chi connectivity index (χ0) is 14.8. The number of alkyl halides is 1. The zero-order valence-corrected chi connectivity index (χ0v) is 14.8. The van der Waals surface area contributed by atoms with Gasteiger partial charge in [0.05, 0.1) is 16.9 Å². The Balaban J connectivity index is 1.83. The van der Waals surface area contributed by atoms with Gasteiger partial charge < -0.3 is 4.57 Å². The summed E-state index contributed by atoms with van der Waals surface area (Å²) in [6, 6.07) is 6.32. The third-order valence-electron chi connectivity index (χ3n) is 4.89. The molecule has 0 aliphatic heterocycles. The van der Waals surface area contributed by atoms with E-state index in [1.54, 1.807) is 0 Å². The van der Waals surface area contributed by atoms with Gasteiger partial charge in [-0.25, -0.2) is 4.98 Å². The molecule has 1 aromatic heterocycles. The molecule has 1 fully saturated rings. The van der Waals surface area contributed by atoms with Gasteiger partial charge in [-0.1, -0.05) is 42.1 Å². The van der Waals surface area contributed by atoms with Crippen LogP contribution in [0.15, 0.2) is 22.7 Å². The van der Waals surface area contributed by atoms with Crippen molar-refractivity contribution >= 4 is 38.6 Å². The molecular weight excluding hydrogens is 348 g/mol. The number of aromatic nitrogens is 2. The Morgan fingerprint density at radius 2 is 1.95 bits per heavy atom. The Bertz CT molecular complexity index is 615. The summed E-state index contributed by atoms with van der Waals surface area (Å²) in [7, 11) is 0. The van der Waals surface area contributed by atoms with E-state index >= 15 is 0 Å². The molecule has 4 heteroatoms. The summed E-state index contributed by atoms with van der Waals surface area (Å²) in [5, 5.41) is 0. The summed E-state index contributed by atoms with van der Waals surface area (Å²) in [5.41, 5.74) is 2.26. The summed E-state index contributed by atoms with van der Waals surface area (Å²) >= 11 is 9.63. The predicted octanol–water partition coefficient (Wildman–Crippen LogP) is 5.75. The van der Waals surface area contributed by atoms with Crippen molar-refractivity contribution in [2.75, 3.05) is 0 Å². The Hall–Kier alpha value is -0.540. The summed E-state index contributed by atoms with van der Waals surface area (Å²) in [6.45, 7) is 3.38. The first-order valence-corrected chi connectivity index (χ1v) is 9.24. The van der Waals surface area contributed by atoms with Gasteiger partial charge in [0.15, 0.2) is 0 Å². The molecule has 3 rings (SSSR count). The van der Waals surface area contributed by atoms with E-state index in [9.17, 15) is 0 Å². The second-order valence-electron chi connectivity index (χ2n) is 6.20. The highest BCUT2D eigenvalue weighted by molar-refractivity contribution is 9.10. The molecule has 0 radical (unpaired) electrons. The lowest BCUT2D eigenvalue weighted by molar-refractivity contribution is 0.248. The van der Waals surface area contributed by atoms with Crippen LogP contribution < -0.4 is 0 Å². The third-order valence-corrected chi connectivity index (χ3v) is 5.63. The molecule has 1 aliphatic rings. The first-order valence-electron chi connectivity index (χ1n) is 7.92. The fourth-order valence-corrected chi connectivity index (χ4v) is 4.09. The molecule has 0 atom stereocenters. The Labute approximate surface area is 140 Å². The standard InChI is InChI=1S/C17H22BrClN2/c1-2-12-3-5-13(6-4-12)11-21-16-8-7-14(18)9-15(16)20-17(21)10-19/h7-9,12-13H,2-6,10-11H2,1H3. The average Bonchev–Trinajstić information content (AvgIpc) is 2.85. The summed E-state index contributed by atoms with van der Waals surface area (Å²) in [6.07, 6.45) is 6.79. The van der Waals surface area contributed by atoms with Crippen LogP contribution in [0.3, 0.4) is 0 Å². The lowest BCUT2D eigenvalue weighted by atomic mass is 9.81. The third kappa shape index (κ3) is 3.29. The van der Waals surface area contributed by atoms with Crippen molar-refractivity contribution in [2.45, 2.75) is 51.5 Å². The van der Waals surface area contributed by atoms with Gasteiger partial charge in [-0.05, 0) is 42.9 Å². The smallest absolute Gasteiger partial charge is 0.124 e. The van der Waals surface area contributed by atoms with E-state index in [0.29, 0.717) is 5.88 Å². The lowest BCUT2D eigenvalue weighted by Gasteiger charge is -2.28. The fourth-order valence-electron chi connectivity index (χ4n) is 3.54. The maximum atomic E-state index is 6.11. The SMILES string of the molecule is CCC1CCC(Cn2c(CCl)nc3cc(Br)ccc32)CC1. The van der Waals surface area contributed by atoms with Crippen LogP contribution in [-0.4, -0.2) is 9.55 Å². The Kier molecular flexibility index (Phi) is 4.90. The highest BCUT2D eigenvalue weighted by Gasteiger charge is 2.22. The van der Waals surface area contributed by atoms with Crippen molar-refractivity contribution in [3.05, 3.63) is 28.5 Å². The van der Waals surface area contributed by atoms with E-state index < -0.39 is 0 Å². The average molecular weight is 370 g/mol. The molecule has 1 aliphatic carbocycles. The number of nitrogens with zero attached hydrogens (tertiary/aromatic N) is 2.